The van der Waals surface area contributed by atoms with E-state index in [0.717, 1.165) is 53.8 Å². The van der Waals surface area contributed by atoms with Crippen LogP contribution >= 0.6 is 0 Å². The van der Waals surface area contributed by atoms with E-state index in [0.29, 0.717) is 24.5 Å². The number of nitrogens with zero attached hydrogens (tertiary/aromatic N) is 2. The van der Waals surface area contributed by atoms with E-state index in [1.165, 1.54) is 0 Å². The predicted molar refractivity (Wildman–Crippen MR) is 105 cm³/mol. The van der Waals surface area contributed by atoms with E-state index in [9.17, 15) is 10.1 Å². The predicted octanol–water partition coefficient (Wildman–Crippen LogP) is 1.71. The molecule has 1 aliphatic carbocycles. The molecule has 0 unspecified atom stereocenters. The third kappa shape index (κ3) is 4.07. The fraction of sp³-hybridized carbons (Fsp3) is 0.474. The second-order valence-electron chi connectivity index (χ2n) is 7.47. The highest BCUT2D eigenvalue weighted by Gasteiger charge is 2.27. The second-order valence-corrected chi connectivity index (χ2v) is 7.47. The summed E-state index contributed by atoms with van der Waals surface area (Å²) in [6, 6.07) is 6.13. The Balaban J connectivity index is 1.45. The maximum atomic E-state index is 9.86. The van der Waals surface area contributed by atoms with Crippen LogP contribution in [-0.4, -0.2) is 39.9 Å². The van der Waals surface area contributed by atoms with Crippen LogP contribution < -0.4 is 16.1 Å². The maximum absolute atomic E-state index is 9.86. The van der Waals surface area contributed by atoms with Gasteiger partial charge in [0.25, 0.3) is 0 Å². The van der Waals surface area contributed by atoms with E-state index < -0.39 is 7.12 Å². The minimum atomic E-state index is -0.869. The Morgan fingerprint density at radius 1 is 1.26 bits per heavy atom. The van der Waals surface area contributed by atoms with Gasteiger partial charge in [-0.3, -0.25) is 0 Å². The molecule has 7 nitrogen and oxygen atoms in total. The van der Waals surface area contributed by atoms with Gasteiger partial charge in [-0.2, -0.15) is 4.98 Å². The topological polar surface area (TPSA) is 99.5 Å². The molecular weight excluding hydrogens is 343 g/mol. The van der Waals surface area contributed by atoms with E-state index in [1.807, 2.05) is 31.3 Å². The molecule has 1 aromatic heterocycles. The number of benzene rings is 1. The first-order valence-electron chi connectivity index (χ1n) is 9.53. The summed E-state index contributed by atoms with van der Waals surface area (Å²) in [6.07, 6.45) is 5.98. The van der Waals surface area contributed by atoms with Crippen LogP contribution in [0.1, 0.15) is 36.8 Å². The summed E-state index contributed by atoms with van der Waals surface area (Å²) in [5.74, 6) is 1.79. The first-order valence-corrected chi connectivity index (χ1v) is 9.53. The van der Waals surface area contributed by atoms with Gasteiger partial charge in [-0.25, -0.2) is 4.98 Å². The summed E-state index contributed by atoms with van der Waals surface area (Å²) in [5.41, 5.74) is 3.60. The molecule has 142 valence electrons. The fourth-order valence-electron chi connectivity index (χ4n) is 3.75. The molecule has 2 heterocycles. The normalized spacial score (nSPS) is 21.8. The van der Waals surface area contributed by atoms with Crippen molar-refractivity contribution < 1.29 is 14.8 Å². The molecule has 27 heavy (non-hydrogen) atoms. The monoisotopic (exact) mass is 368 g/mol. The van der Waals surface area contributed by atoms with Crippen molar-refractivity contribution in [3.63, 3.8) is 0 Å². The molecular formula is C19H25BN4O3. The van der Waals surface area contributed by atoms with Crippen molar-refractivity contribution in [3.8, 4) is 0 Å². The zero-order valence-electron chi connectivity index (χ0n) is 15.5. The first kappa shape index (κ1) is 18.2. The molecule has 0 radical (unpaired) electrons. The number of rotatable bonds is 5. The minimum absolute atomic E-state index is 0.286. The number of aliphatic hydroxyl groups is 1. The van der Waals surface area contributed by atoms with Crippen LogP contribution in [0.2, 0.25) is 0 Å². The van der Waals surface area contributed by atoms with Gasteiger partial charge in [-0.05, 0) is 61.7 Å². The third-order valence-corrected chi connectivity index (χ3v) is 5.48. The van der Waals surface area contributed by atoms with E-state index in [2.05, 4.69) is 20.6 Å². The molecule has 1 aliphatic heterocycles. The maximum Gasteiger partial charge on any atom is 0.491 e. The van der Waals surface area contributed by atoms with Gasteiger partial charge in [0.2, 0.25) is 5.95 Å². The number of aryl methyl sites for hydroxylation is 1. The van der Waals surface area contributed by atoms with Crippen LogP contribution in [0.5, 0.6) is 0 Å². The van der Waals surface area contributed by atoms with E-state index in [1.54, 1.807) is 0 Å². The fourth-order valence-corrected chi connectivity index (χ4v) is 3.75. The molecule has 0 saturated heterocycles. The van der Waals surface area contributed by atoms with Crippen molar-refractivity contribution in [2.75, 3.05) is 17.2 Å². The Hall–Kier alpha value is -2.16. The Bertz CT molecular complexity index is 812. The number of aromatic nitrogens is 2. The largest absolute Gasteiger partial charge is 0.491 e. The van der Waals surface area contributed by atoms with Crippen molar-refractivity contribution in [2.24, 2.45) is 5.92 Å². The average Bonchev–Trinajstić information content (AvgIpc) is 3.05. The Labute approximate surface area is 159 Å². The molecule has 1 aromatic carbocycles. The lowest BCUT2D eigenvalue weighted by Gasteiger charge is -2.28. The second kappa shape index (κ2) is 7.84. The van der Waals surface area contributed by atoms with Crippen LogP contribution in [0, 0.1) is 12.8 Å². The molecule has 0 spiro atoms. The standard InChI is InChI=1S/C19H25BN4O3/c1-12-9-21-19(23-16-7-4-14-11-27-20(26)17(14)8-16)24-18(12)22-15-5-2-13(10-25)3-6-15/h4,7-9,13,15,25-26H,2-3,5-6,10-11H2,1H3,(H2,21,22,23,24)/t13-,15-. The van der Waals surface area contributed by atoms with Crippen LogP contribution in [0.4, 0.5) is 17.5 Å². The van der Waals surface area contributed by atoms with Crippen LogP contribution in [0.3, 0.4) is 0 Å². The molecule has 0 bridgehead atoms. The summed E-state index contributed by atoms with van der Waals surface area (Å²) < 4.78 is 5.23. The molecule has 1 fully saturated rings. The van der Waals surface area contributed by atoms with Crippen molar-refractivity contribution in [1.82, 2.24) is 9.97 Å². The minimum Gasteiger partial charge on any atom is -0.423 e. The highest BCUT2D eigenvalue weighted by molar-refractivity contribution is 6.61. The molecule has 0 amide bonds. The zero-order valence-corrected chi connectivity index (χ0v) is 15.5. The summed E-state index contributed by atoms with van der Waals surface area (Å²) in [6.45, 7) is 2.72. The summed E-state index contributed by atoms with van der Waals surface area (Å²) in [5, 5.41) is 25.9. The Kier molecular flexibility index (Phi) is 5.29. The van der Waals surface area contributed by atoms with Gasteiger partial charge in [0.1, 0.15) is 5.82 Å². The number of hydrogen-bond acceptors (Lipinski definition) is 7. The van der Waals surface area contributed by atoms with Crippen LogP contribution in [0.25, 0.3) is 0 Å². The summed E-state index contributed by atoms with van der Waals surface area (Å²) >= 11 is 0. The number of aliphatic hydroxyl groups excluding tert-OH is 1. The molecule has 0 atom stereocenters. The molecule has 4 rings (SSSR count). The molecule has 4 N–H and O–H groups in total. The highest BCUT2D eigenvalue weighted by Crippen LogP contribution is 2.27. The van der Waals surface area contributed by atoms with Gasteiger partial charge in [-0.1, -0.05) is 6.07 Å². The molecule has 1 saturated carbocycles. The van der Waals surface area contributed by atoms with Crippen molar-refractivity contribution in [3.05, 3.63) is 35.5 Å². The number of hydrogen-bond donors (Lipinski definition) is 4. The molecule has 2 aromatic rings. The van der Waals surface area contributed by atoms with E-state index >= 15 is 0 Å². The quantitative estimate of drug-likeness (QED) is 0.597. The lowest BCUT2D eigenvalue weighted by molar-refractivity contribution is 0.185. The highest BCUT2D eigenvalue weighted by atomic mass is 16.5. The molecule has 8 heteroatoms. The summed E-state index contributed by atoms with van der Waals surface area (Å²) in [4.78, 5) is 9.01. The number of nitrogens with one attached hydrogen (secondary N) is 2. The number of anilines is 3. The van der Waals surface area contributed by atoms with E-state index in [4.69, 9.17) is 4.65 Å². The SMILES string of the molecule is Cc1cnc(Nc2ccc3c(c2)B(O)OC3)nc1N[C@H]1CC[C@H](CO)CC1. The van der Waals surface area contributed by atoms with Gasteiger partial charge in [0.05, 0.1) is 6.61 Å². The number of fused-ring (bicyclic) bond motifs is 1. The van der Waals surface area contributed by atoms with Gasteiger partial charge in [-0.15, -0.1) is 0 Å². The van der Waals surface area contributed by atoms with Crippen LogP contribution in [-0.2, 0) is 11.3 Å². The lowest BCUT2D eigenvalue weighted by atomic mass is 9.79. The summed E-state index contributed by atoms with van der Waals surface area (Å²) in [7, 11) is -0.869. The Morgan fingerprint density at radius 2 is 2.07 bits per heavy atom. The Morgan fingerprint density at radius 3 is 2.85 bits per heavy atom. The van der Waals surface area contributed by atoms with Crippen molar-refractivity contribution in [2.45, 2.75) is 45.3 Å². The van der Waals surface area contributed by atoms with Crippen molar-refractivity contribution >= 4 is 30.0 Å². The van der Waals surface area contributed by atoms with Gasteiger partial charge in [0, 0.05) is 30.1 Å². The zero-order chi connectivity index (χ0) is 18.8. The smallest absolute Gasteiger partial charge is 0.423 e. The van der Waals surface area contributed by atoms with E-state index in [-0.39, 0.29) is 6.61 Å². The van der Waals surface area contributed by atoms with Gasteiger partial charge in [0.15, 0.2) is 0 Å². The van der Waals surface area contributed by atoms with Crippen molar-refractivity contribution in [1.29, 1.82) is 0 Å². The van der Waals surface area contributed by atoms with Gasteiger partial charge < -0.3 is 25.4 Å². The van der Waals surface area contributed by atoms with Gasteiger partial charge >= 0.3 is 7.12 Å². The molecule has 2 aliphatic rings. The average molecular weight is 368 g/mol. The lowest BCUT2D eigenvalue weighted by Crippen LogP contribution is -2.28. The third-order valence-electron chi connectivity index (χ3n) is 5.48. The van der Waals surface area contributed by atoms with Crippen LogP contribution in [0.15, 0.2) is 24.4 Å². The first-order chi connectivity index (χ1) is 13.1.